The van der Waals surface area contributed by atoms with E-state index in [-0.39, 0.29) is 6.23 Å². The molecule has 0 spiro atoms. The van der Waals surface area contributed by atoms with Crippen molar-refractivity contribution in [2.45, 2.75) is 12.6 Å². The van der Waals surface area contributed by atoms with Crippen molar-refractivity contribution in [1.29, 1.82) is 0 Å². The van der Waals surface area contributed by atoms with Gasteiger partial charge in [0, 0.05) is 12.6 Å². The number of nitrogens with one attached hydrogen (secondary N) is 1. The molecule has 4 nitrogen and oxygen atoms in total. The highest BCUT2D eigenvalue weighted by atomic mass is 16.7. The predicted octanol–water partition coefficient (Wildman–Crippen LogP) is -0.535. The molecule has 0 radical (unpaired) electrons. The maximum atomic E-state index is 9.71. The summed E-state index contributed by atoms with van der Waals surface area (Å²) in [7, 11) is 0. The highest BCUT2D eigenvalue weighted by Gasteiger charge is 2.09. The number of hydrogen-bond acceptors (Lipinski definition) is 3. The number of oxime groups is 1. The van der Waals surface area contributed by atoms with Gasteiger partial charge in [0.05, 0.1) is 0 Å². The molecule has 1 unspecified atom stereocenters. The molecule has 0 saturated carbocycles. The van der Waals surface area contributed by atoms with Crippen molar-refractivity contribution in [3.63, 3.8) is 0 Å². The van der Waals surface area contributed by atoms with Gasteiger partial charge in [-0.25, -0.2) is 0 Å². The number of hydrogen-bond donors (Lipinski definition) is 1. The summed E-state index contributed by atoms with van der Waals surface area (Å²) in [4.78, 5) is 14.3. The van der Waals surface area contributed by atoms with E-state index >= 15 is 0 Å². The van der Waals surface area contributed by atoms with Gasteiger partial charge in [0.1, 0.15) is 0 Å². The topological polar surface area (TPSA) is 50.7 Å². The SMILES string of the molecule is O=CNC1CC=NO1. The molecule has 0 bridgehead atoms. The minimum atomic E-state index is -0.229. The van der Waals surface area contributed by atoms with Gasteiger partial charge in [0.15, 0.2) is 0 Å². The van der Waals surface area contributed by atoms with Gasteiger partial charge in [0.2, 0.25) is 12.6 Å². The Bertz CT molecular complexity index is 105. The largest absolute Gasteiger partial charge is 0.371 e. The van der Waals surface area contributed by atoms with Crippen LogP contribution in [0.15, 0.2) is 5.16 Å². The summed E-state index contributed by atoms with van der Waals surface area (Å²) in [5.74, 6) is 0. The van der Waals surface area contributed by atoms with E-state index in [9.17, 15) is 4.79 Å². The van der Waals surface area contributed by atoms with Gasteiger partial charge in [-0.2, -0.15) is 0 Å². The van der Waals surface area contributed by atoms with E-state index in [0.29, 0.717) is 12.8 Å². The van der Waals surface area contributed by atoms with Gasteiger partial charge in [-0.1, -0.05) is 5.16 Å². The van der Waals surface area contributed by atoms with Crippen LogP contribution < -0.4 is 5.32 Å². The highest BCUT2D eigenvalue weighted by Crippen LogP contribution is 1.98. The Labute approximate surface area is 46.5 Å². The van der Waals surface area contributed by atoms with E-state index < -0.39 is 0 Å². The lowest BCUT2D eigenvalue weighted by atomic mass is 10.4. The van der Waals surface area contributed by atoms with Crippen LogP contribution in [0.5, 0.6) is 0 Å². The molecule has 0 aromatic carbocycles. The van der Waals surface area contributed by atoms with Crippen molar-refractivity contribution >= 4 is 12.6 Å². The van der Waals surface area contributed by atoms with Gasteiger partial charge < -0.3 is 10.2 Å². The molecule has 1 N–H and O–H groups in total. The highest BCUT2D eigenvalue weighted by molar-refractivity contribution is 5.59. The van der Waals surface area contributed by atoms with E-state index in [1.165, 1.54) is 0 Å². The summed E-state index contributed by atoms with van der Waals surface area (Å²) in [6.07, 6.45) is 2.65. The molecule has 1 atom stereocenters. The van der Waals surface area contributed by atoms with Crippen LogP contribution in [0.2, 0.25) is 0 Å². The Kier molecular flexibility index (Phi) is 1.46. The zero-order valence-electron chi connectivity index (χ0n) is 4.20. The summed E-state index contributed by atoms with van der Waals surface area (Å²) in [6.45, 7) is 0. The molecule has 0 aromatic rings. The molecule has 1 rings (SSSR count). The van der Waals surface area contributed by atoms with Crippen LogP contribution in [0.25, 0.3) is 0 Å². The summed E-state index contributed by atoms with van der Waals surface area (Å²) >= 11 is 0. The van der Waals surface area contributed by atoms with E-state index in [1.807, 2.05) is 0 Å². The molecular formula is C4H6N2O2. The van der Waals surface area contributed by atoms with Crippen molar-refractivity contribution in [2.75, 3.05) is 0 Å². The third kappa shape index (κ3) is 0.959. The second kappa shape index (κ2) is 2.30. The van der Waals surface area contributed by atoms with Gasteiger partial charge >= 0.3 is 0 Å². The molecular weight excluding hydrogens is 108 g/mol. The van der Waals surface area contributed by atoms with Gasteiger partial charge in [-0.05, 0) is 0 Å². The number of nitrogens with zero attached hydrogens (tertiary/aromatic N) is 1. The van der Waals surface area contributed by atoms with Crippen LogP contribution in [0.1, 0.15) is 6.42 Å². The standard InChI is InChI=1S/C4H6N2O2/c7-3-5-4-1-2-6-8-4/h2-4H,1H2,(H,5,7). The Morgan fingerprint density at radius 3 is 3.38 bits per heavy atom. The first-order valence-electron chi connectivity index (χ1n) is 2.31. The lowest BCUT2D eigenvalue weighted by molar-refractivity contribution is -0.112. The Morgan fingerprint density at radius 2 is 2.88 bits per heavy atom. The molecule has 1 amide bonds. The summed E-state index contributed by atoms with van der Waals surface area (Å²) in [5.41, 5.74) is 0. The van der Waals surface area contributed by atoms with E-state index in [4.69, 9.17) is 0 Å². The molecule has 0 saturated heterocycles. The molecule has 0 fully saturated rings. The third-order valence-electron chi connectivity index (χ3n) is 0.836. The molecule has 0 aliphatic carbocycles. The molecule has 4 heteroatoms. The van der Waals surface area contributed by atoms with Crippen LogP contribution in [-0.4, -0.2) is 18.9 Å². The first-order chi connectivity index (χ1) is 3.93. The maximum Gasteiger partial charge on any atom is 0.209 e. The van der Waals surface area contributed by atoms with Crippen molar-refractivity contribution in [3.05, 3.63) is 0 Å². The van der Waals surface area contributed by atoms with Crippen molar-refractivity contribution in [1.82, 2.24) is 5.32 Å². The molecule has 44 valence electrons. The normalized spacial score (nSPS) is 24.8. The maximum absolute atomic E-state index is 9.71. The third-order valence-corrected chi connectivity index (χ3v) is 0.836. The monoisotopic (exact) mass is 114 g/mol. The van der Waals surface area contributed by atoms with Crippen molar-refractivity contribution < 1.29 is 9.63 Å². The fourth-order valence-electron chi connectivity index (χ4n) is 0.473. The number of amides is 1. The van der Waals surface area contributed by atoms with Crippen LogP contribution in [-0.2, 0) is 9.63 Å². The predicted molar refractivity (Wildman–Crippen MR) is 27.2 cm³/mol. The average Bonchev–Trinajstić information content (AvgIpc) is 2.19. The molecule has 1 heterocycles. The van der Waals surface area contributed by atoms with Crippen LogP contribution in [0.3, 0.4) is 0 Å². The van der Waals surface area contributed by atoms with Gasteiger partial charge in [-0.3, -0.25) is 4.79 Å². The lowest BCUT2D eigenvalue weighted by Crippen LogP contribution is -2.26. The van der Waals surface area contributed by atoms with Crippen LogP contribution in [0, 0.1) is 0 Å². The van der Waals surface area contributed by atoms with Crippen molar-refractivity contribution in [3.8, 4) is 0 Å². The number of rotatable bonds is 2. The Morgan fingerprint density at radius 1 is 2.00 bits per heavy atom. The zero-order chi connectivity index (χ0) is 5.82. The van der Waals surface area contributed by atoms with Gasteiger partial charge in [0.25, 0.3) is 0 Å². The first-order valence-corrected chi connectivity index (χ1v) is 2.31. The Hall–Kier alpha value is -1.06. The second-order valence-electron chi connectivity index (χ2n) is 1.40. The van der Waals surface area contributed by atoms with Crippen LogP contribution in [0.4, 0.5) is 0 Å². The minimum Gasteiger partial charge on any atom is -0.371 e. The molecule has 0 aromatic heterocycles. The lowest BCUT2D eigenvalue weighted by Gasteiger charge is -2.02. The van der Waals surface area contributed by atoms with E-state index in [1.54, 1.807) is 6.21 Å². The van der Waals surface area contributed by atoms with Crippen molar-refractivity contribution in [2.24, 2.45) is 5.16 Å². The van der Waals surface area contributed by atoms with Gasteiger partial charge in [-0.15, -0.1) is 0 Å². The fourth-order valence-corrected chi connectivity index (χ4v) is 0.473. The van der Waals surface area contributed by atoms with E-state index in [0.717, 1.165) is 0 Å². The minimum absolute atomic E-state index is 0.229. The first kappa shape index (κ1) is 5.08. The Balaban J connectivity index is 2.19. The average molecular weight is 114 g/mol. The summed E-state index contributed by atoms with van der Waals surface area (Å²) in [6, 6.07) is 0. The molecule has 8 heavy (non-hydrogen) atoms. The second-order valence-corrected chi connectivity index (χ2v) is 1.40. The fraction of sp³-hybridized carbons (Fsp3) is 0.500. The molecule has 1 aliphatic heterocycles. The number of carbonyl (C=O) groups is 1. The smallest absolute Gasteiger partial charge is 0.209 e. The zero-order valence-corrected chi connectivity index (χ0v) is 4.20. The summed E-state index contributed by atoms with van der Waals surface area (Å²) in [5, 5.41) is 5.85. The van der Waals surface area contributed by atoms with E-state index in [2.05, 4.69) is 15.3 Å². The summed E-state index contributed by atoms with van der Waals surface area (Å²) < 4.78 is 0. The number of carbonyl (C=O) groups excluding carboxylic acids is 1. The quantitative estimate of drug-likeness (QED) is 0.490. The molecule has 1 aliphatic rings. The van der Waals surface area contributed by atoms with Crippen LogP contribution >= 0.6 is 0 Å².